The van der Waals surface area contributed by atoms with Crippen molar-refractivity contribution in [3.8, 4) is 0 Å². The number of ether oxygens (including phenoxy) is 1. The lowest BCUT2D eigenvalue weighted by Crippen LogP contribution is -2.43. The second kappa shape index (κ2) is 7.46. The number of aromatic amines is 1. The van der Waals surface area contributed by atoms with E-state index in [1.165, 1.54) is 11.8 Å². The second-order valence-electron chi connectivity index (χ2n) is 7.82. The van der Waals surface area contributed by atoms with Crippen molar-refractivity contribution in [3.63, 3.8) is 0 Å². The summed E-state index contributed by atoms with van der Waals surface area (Å²) in [4.78, 5) is 30.0. The minimum atomic E-state index is -0.181. The Balaban J connectivity index is 1.29. The summed E-state index contributed by atoms with van der Waals surface area (Å²) < 4.78 is 6.09. The Labute approximate surface area is 168 Å². The molecule has 3 heterocycles. The molecule has 0 aliphatic carbocycles. The third-order valence-electron chi connectivity index (χ3n) is 5.98. The van der Waals surface area contributed by atoms with E-state index in [1.54, 1.807) is 12.1 Å². The lowest BCUT2D eigenvalue weighted by atomic mass is 10.1. The smallest absolute Gasteiger partial charge is 0.255 e. The maximum absolute atomic E-state index is 12.9. The lowest BCUT2D eigenvalue weighted by molar-refractivity contribution is -0.0502. The second-order valence-corrected chi connectivity index (χ2v) is 7.82. The fraction of sp³-hybridized carbons (Fsp3) is 0.304. The van der Waals surface area contributed by atoms with Gasteiger partial charge in [0.05, 0.1) is 18.3 Å². The SMILES string of the molecule is O=C(N[C@H]1C[C@H]2CO[C@@H](c3ccccc3)CN2C1)c1c[nH]c(=O)c2ccccc12. The molecule has 2 aliphatic heterocycles. The Kier molecular flexibility index (Phi) is 4.66. The van der Waals surface area contributed by atoms with Gasteiger partial charge in [-0.1, -0.05) is 48.5 Å². The zero-order chi connectivity index (χ0) is 19.8. The summed E-state index contributed by atoms with van der Waals surface area (Å²) in [6.07, 6.45) is 2.45. The van der Waals surface area contributed by atoms with Crippen molar-refractivity contribution in [2.45, 2.75) is 24.6 Å². The van der Waals surface area contributed by atoms with Gasteiger partial charge in [-0.15, -0.1) is 0 Å². The number of carbonyl (C=O) groups excluding carboxylic acids is 1. The Morgan fingerprint density at radius 1 is 1.03 bits per heavy atom. The predicted octanol–water partition coefficient (Wildman–Crippen LogP) is 2.47. The minimum Gasteiger partial charge on any atom is -0.371 e. The highest BCUT2D eigenvalue weighted by Gasteiger charge is 2.38. The van der Waals surface area contributed by atoms with Gasteiger partial charge in [-0.3, -0.25) is 14.5 Å². The molecule has 0 unspecified atom stereocenters. The summed E-state index contributed by atoms with van der Waals surface area (Å²) in [6.45, 7) is 2.32. The van der Waals surface area contributed by atoms with Crippen LogP contribution >= 0.6 is 0 Å². The van der Waals surface area contributed by atoms with Crippen LogP contribution in [0.2, 0.25) is 0 Å². The summed E-state index contributed by atoms with van der Waals surface area (Å²) in [5.41, 5.74) is 1.51. The number of hydrogen-bond acceptors (Lipinski definition) is 4. The van der Waals surface area contributed by atoms with Gasteiger partial charge < -0.3 is 15.0 Å². The largest absolute Gasteiger partial charge is 0.371 e. The monoisotopic (exact) mass is 389 g/mol. The lowest BCUT2D eigenvalue weighted by Gasteiger charge is -2.35. The minimum absolute atomic E-state index is 0.0660. The number of hydrogen-bond donors (Lipinski definition) is 2. The topological polar surface area (TPSA) is 74.4 Å². The van der Waals surface area contributed by atoms with Crippen molar-refractivity contribution in [3.05, 3.63) is 82.3 Å². The molecule has 2 saturated heterocycles. The summed E-state index contributed by atoms with van der Waals surface area (Å²) in [7, 11) is 0. The zero-order valence-electron chi connectivity index (χ0n) is 16.0. The molecule has 6 nitrogen and oxygen atoms in total. The van der Waals surface area contributed by atoms with E-state index in [1.807, 2.05) is 30.3 Å². The number of amides is 1. The first-order valence-corrected chi connectivity index (χ1v) is 10.0. The van der Waals surface area contributed by atoms with Crippen LogP contribution in [0.25, 0.3) is 10.8 Å². The summed E-state index contributed by atoms with van der Waals surface area (Å²) in [5, 5.41) is 4.37. The average molecular weight is 389 g/mol. The van der Waals surface area contributed by atoms with Crippen LogP contribution in [-0.2, 0) is 4.74 Å². The summed E-state index contributed by atoms with van der Waals surface area (Å²) in [5.74, 6) is -0.150. The quantitative estimate of drug-likeness (QED) is 0.722. The Morgan fingerprint density at radius 2 is 1.79 bits per heavy atom. The first-order chi connectivity index (χ1) is 14.2. The average Bonchev–Trinajstić information content (AvgIpc) is 3.16. The van der Waals surface area contributed by atoms with Crippen molar-refractivity contribution in [2.75, 3.05) is 19.7 Å². The number of carbonyl (C=O) groups is 1. The van der Waals surface area contributed by atoms with Crippen molar-refractivity contribution >= 4 is 16.7 Å². The molecule has 6 heteroatoms. The van der Waals surface area contributed by atoms with E-state index in [0.717, 1.165) is 19.5 Å². The number of fused-ring (bicyclic) bond motifs is 2. The van der Waals surface area contributed by atoms with E-state index in [2.05, 4.69) is 27.3 Å². The van der Waals surface area contributed by atoms with Gasteiger partial charge in [-0.2, -0.15) is 0 Å². The molecule has 2 fully saturated rings. The number of nitrogens with one attached hydrogen (secondary N) is 2. The number of benzene rings is 2. The van der Waals surface area contributed by atoms with E-state index in [-0.39, 0.29) is 23.6 Å². The highest BCUT2D eigenvalue weighted by atomic mass is 16.5. The zero-order valence-corrected chi connectivity index (χ0v) is 16.0. The van der Waals surface area contributed by atoms with Gasteiger partial charge in [0.2, 0.25) is 0 Å². The molecular weight excluding hydrogens is 366 g/mol. The van der Waals surface area contributed by atoms with Gasteiger partial charge in [0.15, 0.2) is 0 Å². The van der Waals surface area contributed by atoms with Crippen molar-refractivity contribution in [2.24, 2.45) is 0 Å². The molecule has 29 heavy (non-hydrogen) atoms. The molecule has 2 aromatic carbocycles. The highest BCUT2D eigenvalue weighted by molar-refractivity contribution is 6.06. The van der Waals surface area contributed by atoms with E-state index < -0.39 is 0 Å². The van der Waals surface area contributed by atoms with Crippen LogP contribution in [-0.4, -0.2) is 47.6 Å². The Morgan fingerprint density at radius 3 is 2.62 bits per heavy atom. The molecule has 1 aromatic heterocycles. The van der Waals surface area contributed by atoms with Crippen LogP contribution in [0.15, 0.2) is 65.6 Å². The first-order valence-electron chi connectivity index (χ1n) is 10.0. The van der Waals surface area contributed by atoms with Crippen LogP contribution in [0.5, 0.6) is 0 Å². The van der Waals surface area contributed by atoms with Crippen molar-refractivity contribution in [1.29, 1.82) is 0 Å². The molecule has 148 valence electrons. The molecule has 2 N–H and O–H groups in total. The molecule has 0 saturated carbocycles. The molecule has 0 bridgehead atoms. The maximum Gasteiger partial charge on any atom is 0.255 e. The fourth-order valence-corrected chi connectivity index (χ4v) is 4.51. The van der Waals surface area contributed by atoms with Gasteiger partial charge in [0.25, 0.3) is 11.5 Å². The molecule has 1 amide bonds. The number of aromatic nitrogens is 1. The van der Waals surface area contributed by atoms with E-state index in [4.69, 9.17) is 4.74 Å². The summed E-state index contributed by atoms with van der Waals surface area (Å²) >= 11 is 0. The van der Waals surface area contributed by atoms with Crippen LogP contribution < -0.4 is 10.9 Å². The van der Waals surface area contributed by atoms with Crippen molar-refractivity contribution < 1.29 is 9.53 Å². The Bertz CT molecular complexity index is 1100. The highest BCUT2D eigenvalue weighted by Crippen LogP contribution is 2.30. The number of H-pyrrole nitrogens is 1. The molecular formula is C23H23N3O3. The third-order valence-corrected chi connectivity index (χ3v) is 5.98. The molecule has 5 rings (SSSR count). The number of rotatable bonds is 3. The predicted molar refractivity (Wildman–Crippen MR) is 111 cm³/mol. The summed E-state index contributed by atoms with van der Waals surface area (Å²) in [6, 6.07) is 17.9. The van der Waals surface area contributed by atoms with Crippen LogP contribution in [0.4, 0.5) is 0 Å². The number of morpholine rings is 1. The van der Waals surface area contributed by atoms with Crippen LogP contribution in [0.3, 0.4) is 0 Å². The molecule has 0 spiro atoms. The molecule has 3 aromatic rings. The van der Waals surface area contributed by atoms with Gasteiger partial charge in [0, 0.05) is 42.1 Å². The molecule has 3 atom stereocenters. The van der Waals surface area contributed by atoms with Gasteiger partial charge in [-0.25, -0.2) is 0 Å². The van der Waals surface area contributed by atoms with E-state index >= 15 is 0 Å². The number of nitrogens with zero attached hydrogens (tertiary/aromatic N) is 1. The van der Waals surface area contributed by atoms with E-state index in [9.17, 15) is 9.59 Å². The molecule has 2 aliphatic rings. The van der Waals surface area contributed by atoms with Gasteiger partial charge >= 0.3 is 0 Å². The maximum atomic E-state index is 12.9. The van der Waals surface area contributed by atoms with Gasteiger partial charge in [-0.05, 0) is 18.1 Å². The van der Waals surface area contributed by atoms with Crippen molar-refractivity contribution in [1.82, 2.24) is 15.2 Å². The standard InChI is InChI=1S/C23H23N3O3/c27-22-19-9-5-4-8-18(19)20(11-24-22)23(28)25-16-10-17-14-29-21(13-26(17)12-16)15-6-2-1-3-7-15/h1-9,11,16-17,21H,10,12-14H2,(H,24,27)(H,25,28)/t16-,17-,21+/m0/s1. The van der Waals surface area contributed by atoms with Gasteiger partial charge in [0.1, 0.15) is 0 Å². The van der Waals surface area contributed by atoms with Crippen LogP contribution in [0, 0.1) is 0 Å². The third kappa shape index (κ3) is 3.45. The first kappa shape index (κ1) is 18.1. The Hall–Kier alpha value is -2.96. The molecule has 0 radical (unpaired) electrons. The fourth-order valence-electron chi connectivity index (χ4n) is 4.51. The van der Waals surface area contributed by atoms with Crippen LogP contribution in [0.1, 0.15) is 28.4 Å². The normalized spacial score (nSPS) is 24.3. The number of pyridine rings is 1. The van der Waals surface area contributed by atoms with E-state index in [0.29, 0.717) is 29.0 Å².